The van der Waals surface area contributed by atoms with Crippen LogP contribution in [0.4, 0.5) is 0 Å². The molecule has 1 heterocycles. The lowest BCUT2D eigenvalue weighted by molar-refractivity contribution is 0.0955. The SMILES string of the molecule is O=C(NCc1cccc(Cl)c1)c1cnns1. The van der Waals surface area contributed by atoms with Crippen molar-refractivity contribution in [3.05, 3.63) is 45.9 Å². The number of halogens is 1. The number of benzene rings is 1. The third-order valence-corrected chi connectivity index (χ3v) is 2.83. The van der Waals surface area contributed by atoms with Crippen LogP contribution in [0, 0.1) is 0 Å². The third-order valence-electron chi connectivity index (χ3n) is 1.93. The molecule has 0 radical (unpaired) electrons. The second-order valence-corrected chi connectivity index (χ2v) is 4.32. The number of hydrogen-bond donors (Lipinski definition) is 1. The number of nitrogens with zero attached hydrogens (tertiary/aromatic N) is 2. The first-order valence-corrected chi connectivity index (χ1v) is 5.71. The number of nitrogens with one attached hydrogen (secondary N) is 1. The monoisotopic (exact) mass is 253 g/mol. The number of amides is 1. The predicted molar refractivity (Wildman–Crippen MR) is 62.5 cm³/mol. The highest BCUT2D eigenvalue weighted by Crippen LogP contribution is 2.10. The maximum atomic E-state index is 11.6. The molecule has 82 valence electrons. The Balaban J connectivity index is 1.95. The van der Waals surface area contributed by atoms with Gasteiger partial charge in [-0.15, -0.1) is 5.10 Å². The zero-order valence-corrected chi connectivity index (χ0v) is 9.76. The predicted octanol–water partition coefficient (Wildman–Crippen LogP) is 2.12. The largest absolute Gasteiger partial charge is 0.347 e. The molecule has 16 heavy (non-hydrogen) atoms. The van der Waals surface area contributed by atoms with E-state index >= 15 is 0 Å². The van der Waals surface area contributed by atoms with Crippen LogP contribution in [0.5, 0.6) is 0 Å². The molecule has 0 saturated heterocycles. The average Bonchev–Trinajstić information content (AvgIpc) is 2.79. The number of rotatable bonds is 3. The van der Waals surface area contributed by atoms with Gasteiger partial charge in [0.1, 0.15) is 4.88 Å². The van der Waals surface area contributed by atoms with Crippen LogP contribution in [0.15, 0.2) is 30.5 Å². The molecule has 2 rings (SSSR count). The van der Waals surface area contributed by atoms with Crippen LogP contribution in [0.2, 0.25) is 5.02 Å². The first kappa shape index (κ1) is 11.0. The van der Waals surface area contributed by atoms with E-state index < -0.39 is 0 Å². The van der Waals surface area contributed by atoms with E-state index in [9.17, 15) is 4.79 Å². The van der Waals surface area contributed by atoms with E-state index in [-0.39, 0.29) is 5.91 Å². The quantitative estimate of drug-likeness (QED) is 0.912. The van der Waals surface area contributed by atoms with Crippen LogP contribution in [-0.4, -0.2) is 15.5 Å². The number of aromatic nitrogens is 2. The summed E-state index contributed by atoms with van der Waals surface area (Å²) in [6.45, 7) is 0.442. The van der Waals surface area contributed by atoms with E-state index in [0.29, 0.717) is 16.4 Å². The van der Waals surface area contributed by atoms with Gasteiger partial charge in [0.15, 0.2) is 0 Å². The summed E-state index contributed by atoms with van der Waals surface area (Å²) >= 11 is 6.90. The molecule has 0 unspecified atom stereocenters. The molecule has 0 atom stereocenters. The minimum Gasteiger partial charge on any atom is -0.347 e. The highest BCUT2D eigenvalue weighted by molar-refractivity contribution is 7.07. The summed E-state index contributed by atoms with van der Waals surface area (Å²) in [7, 11) is 0. The maximum Gasteiger partial charge on any atom is 0.264 e. The van der Waals surface area contributed by atoms with Crippen LogP contribution in [0.3, 0.4) is 0 Å². The van der Waals surface area contributed by atoms with Gasteiger partial charge in [-0.2, -0.15) is 0 Å². The molecule has 0 aliphatic rings. The standard InChI is InChI=1S/C10H8ClN3OS/c11-8-3-1-2-7(4-8)5-12-10(15)9-6-13-14-16-9/h1-4,6H,5H2,(H,12,15). The van der Waals surface area contributed by atoms with Crippen molar-refractivity contribution < 1.29 is 4.79 Å². The Morgan fingerprint density at radius 2 is 2.38 bits per heavy atom. The van der Waals surface area contributed by atoms with Gasteiger partial charge in [0.25, 0.3) is 5.91 Å². The van der Waals surface area contributed by atoms with E-state index in [1.807, 2.05) is 18.2 Å². The van der Waals surface area contributed by atoms with Crippen molar-refractivity contribution in [3.8, 4) is 0 Å². The fraction of sp³-hybridized carbons (Fsp3) is 0.100. The van der Waals surface area contributed by atoms with Crippen molar-refractivity contribution in [1.29, 1.82) is 0 Å². The van der Waals surface area contributed by atoms with E-state index in [2.05, 4.69) is 14.9 Å². The normalized spacial score (nSPS) is 10.1. The second kappa shape index (κ2) is 5.05. The molecule has 0 aliphatic heterocycles. The van der Waals surface area contributed by atoms with Crippen molar-refractivity contribution in [1.82, 2.24) is 14.9 Å². The van der Waals surface area contributed by atoms with E-state index in [4.69, 9.17) is 11.6 Å². The highest BCUT2D eigenvalue weighted by Gasteiger charge is 2.07. The van der Waals surface area contributed by atoms with Crippen molar-refractivity contribution in [2.75, 3.05) is 0 Å². The molecule has 0 saturated carbocycles. The molecule has 2 aromatic rings. The molecule has 0 bridgehead atoms. The highest BCUT2D eigenvalue weighted by atomic mass is 35.5. The number of carbonyl (C=O) groups excluding carboxylic acids is 1. The van der Waals surface area contributed by atoms with E-state index in [1.165, 1.54) is 6.20 Å². The summed E-state index contributed by atoms with van der Waals surface area (Å²) in [4.78, 5) is 12.1. The van der Waals surface area contributed by atoms with Gasteiger partial charge < -0.3 is 5.32 Å². The molecular weight excluding hydrogens is 246 g/mol. The van der Waals surface area contributed by atoms with Gasteiger partial charge in [0.2, 0.25) is 0 Å². The van der Waals surface area contributed by atoms with Gasteiger partial charge >= 0.3 is 0 Å². The van der Waals surface area contributed by atoms with Crippen LogP contribution in [-0.2, 0) is 6.54 Å². The summed E-state index contributed by atoms with van der Waals surface area (Å²) in [6, 6.07) is 7.35. The van der Waals surface area contributed by atoms with Crippen molar-refractivity contribution in [2.45, 2.75) is 6.54 Å². The summed E-state index contributed by atoms with van der Waals surface area (Å²) in [5, 5.41) is 7.02. The van der Waals surface area contributed by atoms with E-state index in [1.54, 1.807) is 6.07 Å². The summed E-state index contributed by atoms with van der Waals surface area (Å²) in [5.41, 5.74) is 0.957. The second-order valence-electron chi connectivity index (χ2n) is 3.09. The summed E-state index contributed by atoms with van der Waals surface area (Å²) in [6.07, 6.45) is 1.44. The molecule has 0 fully saturated rings. The van der Waals surface area contributed by atoms with Gasteiger partial charge in [-0.05, 0) is 29.2 Å². The molecule has 0 spiro atoms. The Hall–Kier alpha value is -1.46. The molecule has 6 heteroatoms. The smallest absolute Gasteiger partial charge is 0.264 e. The lowest BCUT2D eigenvalue weighted by Gasteiger charge is -2.03. The van der Waals surface area contributed by atoms with Gasteiger partial charge in [-0.3, -0.25) is 4.79 Å². The van der Waals surface area contributed by atoms with Crippen molar-refractivity contribution in [2.24, 2.45) is 0 Å². The van der Waals surface area contributed by atoms with Crippen LogP contribution < -0.4 is 5.32 Å². The molecule has 1 aromatic carbocycles. The Kier molecular flexibility index (Phi) is 3.48. The first-order valence-electron chi connectivity index (χ1n) is 4.56. The average molecular weight is 254 g/mol. The summed E-state index contributed by atoms with van der Waals surface area (Å²) < 4.78 is 3.62. The Morgan fingerprint density at radius 3 is 3.06 bits per heavy atom. The zero-order valence-electron chi connectivity index (χ0n) is 8.18. The lowest BCUT2D eigenvalue weighted by Crippen LogP contribution is -2.21. The van der Waals surface area contributed by atoms with Crippen molar-refractivity contribution >= 4 is 29.0 Å². The van der Waals surface area contributed by atoms with Crippen LogP contribution in [0.1, 0.15) is 15.2 Å². The number of hydrogen-bond acceptors (Lipinski definition) is 4. The Morgan fingerprint density at radius 1 is 1.50 bits per heavy atom. The van der Waals surface area contributed by atoms with Crippen molar-refractivity contribution in [3.63, 3.8) is 0 Å². The fourth-order valence-corrected chi connectivity index (χ4v) is 1.83. The topological polar surface area (TPSA) is 54.9 Å². The van der Waals surface area contributed by atoms with E-state index in [0.717, 1.165) is 17.1 Å². The van der Waals surface area contributed by atoms with Gasteiger partial charge in [-0.1, -0.05) is 28.2 Å². The Labute approximate surface area is 101 Å². The minimum atomic E-state index is -0.171. The van der Waals surface area contributed by atoms with Gasteiger partial charge in [0.05, 0.1) is 6.20 Å². The Bertz CT molecular complexity index is 487. The van der Waals surface area contributed by atoms with Gasteiger partial charge in [-0.25, -0.2) is 0 Å². The summed E-state index contributed by atoms with van der Waals surface area (Å²) in [5.74, 6) is -0.171. The minimum absolute atomic E-state index is 0.171. The molecule has 1 aromatic heterocycles. The molecule has 1 amide bonds. The van der Waals surface area contributed by atoms with Crippen LogP contribution >= 0.6 is 23.1 Å². The first-order chi connectivity index (χ1) is 7.75. The molecular formula is C10H8ClN3OS. The fourth-order valence-electron chi connectivity index (χ4n) is 1.18. The lowest BCUT2D eigenvalue weighted by atomic mass is 10.2. The maximum absolute atomic E-state index is 11.6. The van der Waals surface area contributed by atoms with Crippen LogP contribution in [0.25, 0.3) is 0 Å². The molecule has 0 aliphatic carbocycles. The molecule has 1 N–H and O–H groups in total. The zero-order chi connectivity index (χ0) is 11.4. The number of carbonyl (C=O) groups is 1. The third kappa shape index (κ3) is 2.77. The van der Waals surface area contributed by atoms with Gasteiger partial charge in [0, 0.05) is 11.6 Å². The molecule has 4 nitrogen and oxygen atoms in total.